The van der Waals surface area contributed by atoms with Crippen LogP contribution in [0.15, 0.2) is 47.1 Å². The van der Waals surface area contributed by atoms with Crippen molar-refractivity contribution < 1.29 is 14.3 Å². The van der Waals surface area contributed by atoms with Gasteiger partial charge in [0, 0.05) is 6.42 Å². The highest BCUT2D eigenvalue weighted by Gasteiger charge is 2.09. The lowest BCUT2D eigenvalue weighted by Gasteiger charge is -2.12. The standard InChI is InChI=1S/C14H16O3/c1-11-5-2-3-7-14(11)17-10-12(15)9-13-6-4-8-16-13/h2-8,12,15H,9-10H2,1H3. The smallest absolute Gasteiger partial charge is 0.122 e. The maximum atomic E-state index is 9.79. The van der Waals surface area contributed by atoms with E-state index in [9.17, 15) is 5.11 Å². The topological polar surface area (TPSA) is 42.6 Å². The van der Waals surface area contributed by atoms with E-state index in [1.807, 2.05) is 43.3 Å². The van der Waals surface area contributed by atoms with Gasteiger partial charge in [-0.05, 0) is 30.7 Å². The fraction of sp³-hybridized carbons (Fsp3) is 0.286. The molecule has 1 heterocycles. The van der Waals surface area contributed by atoms with E-state index >= 15 is 0 Å². The normalized spacial score (nSPS) is 12.4. The summed E-state index contributed by atoms with van der Waals surface area (Å²) in [6.45, 7) is 2.25. The number of ether oxygens (including phenoxy) is 1. The molecule has 1 aromatic heterocycles. The van der Waals surface area contributed by atoms with Crippen LogP contribution in [0.4, 0.5) is 0 Å². The van der Waals surface area contributed by atoms with Crippen molar-refractivity contribution >= 4 is 0 Å². The van der Waals surface area contributed by atoms with Crippen LogP contribution in [0.2, 0.25) is 0 Å². The minimum Gasteiger partial charge on any atom is -0.491 e. The van der Waals surface area contributed by atoms with Crippen molar-refractivity contribution in [3.8, 4) is 5.75 Å². The van der Waals surface area contributed by atoms with Crippen LogP contribution in [-0.4, -0.2) is 17.8 Å². The second kappa shape index (κ2) is 5.55. The Balaban J connectivity index is 1.84. The molecule has 0 amide bonds. The highest BCUT2D eigenvalue weighted by atomic mass is 16.5. The molecule has 2 rings (SSSR count). The second-order valence-electron chi connectivity index (χ2n) is 4.01. The highest BCUT2D eigenvalue weighted by Crippen LogP contribution is 2.16. The molecular formula is C14H16O3. The van der Waals surface area contributed by atoms with Crippen LogP contribution in [0.3, 0.4) is 0 Å². The molecule has 0 aliphatic heterocycles. The van der Waals surface area contributed by atoms with Gasteiger partial charge in [-0.1, -0.05) is 18.2 Å². The molecule has 1 atom stereocenters. The van der Waals surface area contributed by atoms with Crippen LogP contribution in [-0.2, 0) is 6.42 Å². The van der Waals surface area contributed by atoms with Gasteiger partial charge in [-0.25, -0.2) is 0 Å². The Bertz CT molecular complexity index is 448. The van der Waals surface area contributed by atoms with E-state index in [4.69, 9.17) is 9.15 Å². The number of hydrogen-bond acceptors (Lipinski definition) is 3. The molecule has 3 nitrogen and oxygen atoms in total. The molecule has 0 aliphatic carbocycles. The first-order valence-corrected chi connectivity index (χ1v) is 5.64. The van der Waals surface area contributed by atoms with E-state index in [1.54, 1.807) is 6.26 Å². The van der Waals surface area contributed by atoms with E-state index in [-0.39, 0.29) is 6.61 Å². The largest absolute Gasteiger partial charge is 0.491 e. The Morgan fingerprint density at radius 3 is 2.76 bits per heavy atom. The van der Waals surface area contributed by atoms with Crippen LogP contribution >= 0.6 is 0 Å². The van der Waals surface area contributed by atoms with Gasteiger partial charge in [0.05, 0.1) is 12.4 Å². The van der Waals surface area contributed by atoms with Crippen molar-refractivity contribution in [2.75, 3.05) is 6.61 Å². The minimum atomic E-state index is -0.555. The summed E-state index contributed by atoms with van der Waals surface area (Å²) in [7, 11) is 0. The molecule has 0 saturated carbocycles. The number of furan rings is 1. The van der Waals surface area contributed by atoms with Crippen molar-refractivity contribution in [3.63, 3.8) is 0 Å². The molecular weight excluding hydrogens is 216 g/mol. The number of aliphatic hydroxyl groups is 1. The molecule has 0 bridgehead atoms. The van der Waals surface area contributed by atoms with Gasteiger partial charge >= 0.3 is 0 Å². The Labute approximate surface area is 101 Å². The third-order valence-corrected chi connectivity index (χ3v) is 2.54. The molecule has 90 valence electrons. The average molecular weight is 232 g/mol. The van der Waals surface area contributed by atoms with Gasteiger partial charge in [-0.15, -0.1) is 0 Å². The number of para-hydroxylation sites is 1. The van der Waals surface area contributed by atoms with E-state index in [2.05, 4.69) is 0 Å². The van der Waals surface area contributed by atoms with E-state index in [0.717, 1.165) is 17.1 Å². The summed E-state index contributed by atoms with van der Waals surface area (Å²) in [4.78, 5) is 0. The molecule has 0 radical (unpaired) electrons. The molecule has 0 saturated heterocycles. The molecule has 17 heavy (non-hydrogen) atoms. The Hall–Kier alpha value is -1.74. The summed E-state index contributed by atoms with van der Waals surface area (Å²) in [6, 6.07) is 11.4. The molecule has 0 fully saturated rings. The van der Waals surface area contributed by atoms with Crippen LogP contribution < -0.4 is 4.74 Å². The van der Waals surface area contributed by atoms with Crippen molar-refractivity contribution in [2.45, 2.75) is 19.4 Å². The molecule has 1 N–H and O–H groups in total. The zero-order valence-electron chi connectivity index (χ0n) is 9.80. The van der Waals surface area contributed by atoms with Gasteiger partial charge in [0.1, 0.15) is 18.1 Å². The lowest BCUT2D eigenvalue weighted by Crippen LogP contribution is -2.20. The van der Waals surface area contributed by atoms with Crippen molar-refractivity contribution in [1.29, 1.82) is 0 Å². The SMILES string of the molecule is Cc1ccccc1OCC(O)Cc1ccco1. The summed E-state index contributed by atoms with van der Waals surface area (Å²) in [5, 5.41) is 9.79. The van der Waals surface area contributed by atoms with Crippen LogP contribution in [0.5, 0.6) is 5.75 Å². The molecule has 1 aromatic carbocycles. The maximum Gasteiger partial charge on any atom is 0.122 e. The Morgan fingerprint density at radius 1 is 1.24 bits per heavy atom. The first kappa shape index (κ1) is 11.7. The maximum absolute atomic E-state index is 9.79. The summed E-state index contributed by atoms with van der Waals surface area (Å²) in [6.07, 6.45) is 1.52. The first-order valence-electron chi connectivity index (χ1n) is 5.64. The first-order chi connectivity index (χ1) is 8.25. The van der Waals surface area contributed by atoms with Gasteiger partial charge in [0.2, 0.25) is 0 Å². The lowest BCUT2D eigenvalue weighted by atomic mass is 10.2. The van der Waals surface area contributed by atoms with Crippen LogP contribution in [0, 0.1) is 6.92 Å². The molecule has 0 spiro atoms. The van der Waals surface area contributed by atoms with Gasteiger partial charge < -0.3 is 14.3 Å². The monoisotopic (exact) mass is 232 g/mol. The third-order valence-electron chi connectivity index (χ3n) is 2.54. The molecule has 0 aliphatic rings. The van der Waals surface area contributed by atoms with Gasteiger partial charge in [0.25, 0.3) is 0 Å². The van der Waals surface area contributed by atoms with Crippen LogP contribution in [0.1, 0.15) is 11.3 Å². The predicted molar refractivity (Wildman–Crippen MR) is 65.1 cm³/mol. The number of aryl methyl sites for hydroxylation is 1. The summed E-state index contributed by atoms with van der Waals surface area (Å²) < 4.78 is 10.7. The zero-order chi connectivity index (χ0) is 12.1. The van der Waals surface area contributed by atoms with Crippen molar-refractivity contribution in [3.05, 3.63) is 54.0 Å². The fourth-order valence-corrected chi connectivity index (χ4v) is 1.62. The van der Waals surface area contributed by atoms with Crippen molar-refractivity contribution in [1.82, 2.24) is 0 Å². The van der Waals surface area contributed by atoms with E-state index < -0.39 is 6.10 Å². The average Bonchev–Trinajstić information content (AvgIpc) is 2.81. The molecule has 1 unspecified atom stereocenters. The summed E-state index contributed by atoms with van der Waals surface area (Å²) >= 11 is 0. The zero-order valence-corrected chi connectivity index (χ0v) is 9.80. The minimum absolute atomic E-state index is 0.269. The molecule has 3 heteroatoms. The van der Waals surface area contributed by atoms with Gasteiger partial charge in [-0.2, -0.15) is 0 Å². The number of hydrogen-bond donors (Lipinski definition) is 1. The highest BCUT2D eigenvalue weighted by molar-refractivity contribution is 5.31. The van der Waals surface area contributed by atoms with Crippen molar-refractivity contribution in [2.24, 2.45) is 0 Å². The number of benzene rings is 1. The Morgan fingerprint density at radius 2 is 2.06 bits per heavy atom. The third kappa shape index (κ3) is 3.36. The van der Waals surface area contributed by atoms with Gasteiger partial charge in [0.15, 0.2) is 0 Å². The second-order valence-corrected chi connectivity index (χ2v) is 4.01. The molecule has 2 aromatic rings. The van der Waals surface area contributed by atoms with Gasteiger partial charge in [-0.3, -0.25) is 0 Å². The Kier molecular flexibility index (Phi) is 3.83. The van der Waals surface area contributed by atoms with Crippen LogP contribution in [0.25, 0.3) is 0 Å². The number of aliphatic hydroxyl groups excluding tert-OH is 1. The number of rotatable bonds is 5. The van der Waals surface area contributed by atoms with E-state index in [0.29, 0.717) is 6.42 Å². The summed E-state index contributed by atoms with van der Waals surface area (Å²) in [5.74, 6) is 1.58. The quantitative estimate of drug-likeness (QED) is 0.861. The predicted octanol–water partition coefficient (Wildman–Crippen LogP) is 2.57. The lowest BCUT2D eigenvalue weighted by molar-refractivity contribution is 0.102. The van der Waals surface area contributed by atoms with E-state index in [1.165, 1.54) is 0 Å². The summed E-state index contributed by atoms with van der Waals surface area (Å²) in [5.41, 5.74) is 1.07. The fourth-order valence-electron chi connectivity index (χ4n) is 1.62.